The Labute approximate surface area is 140 Å². The van der Waals surface area contributed by atoms with Crippen LogP contribution < -0.4 is 10.2 Å². The lowest BCUT2D eigenvalue weighted by molar-refractivity contribution is -0.117. The van der Waals surface area contributed by atoms with Gasteiger partial charge in [0.1, 0.15) is 11.4 Å². The largest absolute Gasteiger partial charge is 0.360 e. The second-order valence-corrected chi connectivity index (χ2v) is 7.25. The van der Waals surface area contributed by atoms with Crippen LogP contribution in [0.15, 0.2) is 6.07 Å². The van der Waals surface area contributed by atoms with Gasteiger partial charge in [0.2, 0.25) is 5.91 Å². The van der Waals surface area contributed by atoms with Gasteiger partial charge < -0.3 is 10.2 Å². The van der Waals surface area contributed by atoms with Crippen LogP contribution >= 0.6 is 0 Å². The van der Waals surface area contributed by atoms with E-state index in [1.807, 2.05) is 20.0 Å². The Kier molecular flexibility index (Phi) is 2.52. The lowest BCUT2D eigenvalue weighted by Gasteiger charge is -2.36. The fourth-order valence-electron chi connectivity index (χ4n) is 3.80. The van der Waals surface area contributed by atoms with Crippen molar-refractivity contribution in [2.45, 2.75) is 38.1 Å². The highest BCUT2D eigenvalue weighted by Crippen LogP contribution is 2.59. The highest BCUT2D eigenvalue weighted by atomic mass is 16.2. The SMILES string of the molecule is Cc1cc2c(c(NC(=O)C3CC3)n1)N(C)C1(CC1)c1nn(C)nc1-2. The predicted molar refractivity (Wildman–Crippen MR) is 89.6 cm³/mol. The van der Waals surface area contributed by atoms with Gasteiger partial charge >= 0.3 is 0 Å². The number of nitrogens with one attached hydrogen (secondary N) is 1. The molecule has 3 aliphatic rings. The summed E-state index contributed by atoms with van der Waals surface area (Å²) in [5, 5.41) is 12.3. The van der Waals surface area contributed by atoms with Gasteiger partial charge in [0.05, 0.1) is 11.2 Å². The fraction of sp³-hybridized carbons (Fsp3) is 0.529. The summed E-state index contributed by atoms with van der Waals surface area (Å²) in [5.74, 6) is 0.893. The third-order valence-electron chi connectivity index (χ3n) is 5.42. The van der Waals surface area contributed by atoms with E-state index in [9.17, 15) is 4.79 Å². The molecule has 124 valence electrons. The Morgan fingerprint density at radius 1 is 1.29 bits per heavy atom. The van der Waals surface area contributed by atoms with Crippen molar-refractivity contribution in [3.63, 3.8) is 0 Å². The zero-order valence-electron chi connectivity index (χ0n) is 14.1. The third kappa shape index (κ3) is 1.78. The molecule has 7 heteroatoms. The van der Waals surface area contributed by atoms with Crippen LogP contribution in [0.25, 0.3) is 11.3 Å². The number of rotatable bonds is 2. The van der Waals surface area contributed by atoms with Crippen LogP contribution in [0.3, 0.4) is 0 Å². The summed E-state index contributed by atoms with van der Waals surface area (Å²) in [5.41, 5.74) is 4.74. The Balaban J connectivity index is 1.71. The molecule has 2 aromatic heterocycles. The maximum atomic E-state index is 12.3. The maximum absolute atomic E-state index is 12.3. The van der Waals surface area contributed by atoms with Crippen LogP contribution in [-0.4, -0.2) is 32.9 Å². The lowest BCUT2D eigenvalue weighted by Crippen LogP contribution is -2.36. The van der Waals surface area contributed by atoms with Crippen molar-refractivity contribution in [2.24, 2.45) is 13.0 Å². The number of pyridine rings is 1. The van der Waals surface area contributed by atoms with Crippen molar-refractivity contribution >= 4 is 17.4 Å². The van der Waals surface area contributed by atoms with E-state index in [1.54, 1.807) is 4.80 Å². The zero-order chi connectivity index (χ0) is 16.6. The molecule has 7 nitrogen and oxygen atoms in total. The standard InChI is InChI=1S/C17H20N6O/c1-9-8-11-12-14(21-23(3)20-12)17(6-7-17)22(2)13(11)15(18-9)19-16(24)10-4-5-10/h8,10H,4-7H2,1-3H3,(H,18,19,24). The summed E-state index contributed by atoms with van der Waals surface area (Å²) in [4.78, 5) is 20.8. The van der Waals surface area contributed by atoms with Crippen molar-refractivity contribution < 1.29 is 4.79 Å². The van der Waals surface area contributed by atoms with E-state index in [0.29, 0.717) is 5.82 Å². The first-order valence-electron chi connectivity index (χ1n) is 8.48. The van der Waals surface area contributed by atoms with E-state index in [1.165, 1.54) is 0 Å². The topological polar surface area (TPSA) is 75.9 Å². The van der Waals surface area contributed by atoms with Crippen LogP contribution in [0.5, 0.6) is 0 Å². The summed E-state index contributed by atoms with van der Waals surface area (Å²) in [6.07, 6.45) is 4.07. The molecule has 0 bridgehead atoms. The van der Waals surface area contributed by atoms with Crippen LogP contribution in [-0.2, 0) is 17.4 Å². The number of amides is 1. The molecule has 3 heterocycles. The average Bonchev–Trinajstić information content (AvgIpc) is 3.42. The molecule has 0 saturated heterocycles. The van der Waals surface area contributed by atoms with Crippen molar-refractivity contribution in [2.75, 3.05) is 17.3 Å². The normalized spacial score (nSPS) is 19.9. The molecular formula is C17H20N6O. The molecule has 1 spiro atoms. The molecule has 0 radical (unpaired) electrons. The van der Waals surface area contributed by atoms with Crippen LogP contribution in [0.4, 0.5) is 11.5 Å². The maximum Gasteiger partial charge on any atom is 0.228 e. The summed E-state index contributed by atoms with van der Waals surface area (Å²) in [6, 6.07) is 2.04. The molecule has 0 atom stereocenters. The highest BCUT2D eigenvalue weighted by Gasteiger charge is 2.56. The van der Waals surface area contributed by atoms with Gasteiger partial charge in [-0.15, -0.1) is 0 Å². The first-order valence-corrected chi connectivity index (χ1v) is 8.48. The van der Waals surface area contributed by atoms with Gasteiger partial charge in [0.25, 0.3) is 0 Å². The highest BCUT2D eigenvalue weighted by molar-refractivity contribution is 6.00. The first-order chi connectivity index (χ1) is 11.5. The van der Waals surface area contributed by atoms with Gasteiger partial charge in [-0.25, -0.2) is 4.98 Å². The fourth-order valence-corrected chi connectivity index (χ4v) is 3.80. The van der Waals surface area contributed by atoms with Crippen molar-refractivity contribution in [3.05, 3.63) is 17.5 Å². The second-order valence-electron chi connectivity index (χ2n) is 7.25. The summed E-state index contributed by atoms with van der Waals surface area (Å²) < 4.78 is 0. The van der Waals surface area contributed by atoms with Crippen LogP contribution in [0.1, 0.15) is 37.1 Å². The molecule has 24 heavy (non-hydrogen) atoms. The third-order valence-corrected chi connectivity index (χ3v) is 5.42. The summed E-state index contributed by atoms with van der Waals surface area (Å²) in [7, 11) is 3.94. The van der Waals surface area contributed by atoms with Gasteiger partial charge in [0.15, 0.2) is 5.82 Å². The molecule has 2 aromatic rings. The molecule has 5 rings (SSSR count). The van der Waals surface area contributed by atoms with Crippen molar-refractivity contribution in [3.8, 4) is 11.3 Å². The lowest BCUT2D eigenvalue weighted by atomic mass is 9.95. The predicted octanol–water partition coefficient (Wildman–Crippen LogP) is 1.97. The number of aryl methyl sites for hydroxylation is 2. The number of aromatic nitrogens is 4. The molecule has 1 N–H and O–H groups in total. The minimum absolute atomic E-state index is 0.0819. The van der Waals surface area contributed by atoms with E-state index in [4.69, 9.17) is 0 Å². The molecule has 1 aliphatic heterocycles. The van der Waals surface area contributed by atoms with E-state index < -0.39 is 0 Å². The van der Waals surface area contributed by atoms with E-state index >= 15 is 0 Å². The summed E-state index contributed by atoms with van der Waals surface area (Å²) in [6.45, 7) is 1.95. The Hall–Kier alpha value is -2.44. The van der Waals surface area contributed by atoms with Crippen LogP contribution in [0, 0.1) is 12.8 Å². The van der Waals surface area contributed by atoms with E-state index in [-0.39, 0.29) is 17.4 Å². The molecule has 0 aromatic carbocycles. The number of nitrogens with zero attached hydrogens (tertiary/aromatic N) is 5. The first kappa shape index (κ1) is 13.9. The van der Waals surface area contributed by atoms with Crippen LogP contribution in [0.2, 0.25) is 0 Å². The number of hydrogen-bond donors (Lipinski definition) is 1. The van der Waals surface area contributed by atoms with Crippen molar-refractivity contribution in [1.82, 2.24) is 20.0 Å². The molecule has 2 saturated carbocycles. The monoisotopic (exact) mass is 324 g/mol. The number of carbonyl (C=O) groups is 1. The number of fused-ring (bicyclic) bond motifs is 4. The molecule has 0 unspecified atom stereocenters. The van der Waals surface area contributed by atoms with E-state index in [0.717, 1.165) is 54.0 Å². The molecule has 1 amide bonds. The molecule has 2 aliphatic carbocycles. The molecule has 2 fully saturated rings. The average molecular weight is 324 g/mol. The number of hydrogen-bond acceptors (Lipinski definition) is 5. The van der Waals surface area contributed by atoms with Gasteiger partial charge in [-0.1, -0.05) is 0 Å². The Bertz CT molecular complexity index is 877. The number of carbonyl (C=O) groups excluding carboxylic acids is 1. The van der Waals surface area contributed by atoms with E-state index in [2.05, 4.69) is 32.4 Å². The Morgan fingerprint density at radius 2 is 2.04 bits per heavy atom. The van der Waals surface area contributed by atoms with Gasteiger partial charge in [-0.2, -0.15) is 15.0 Å². The van der Waals surface area contributed by atoms with Gasteiger partial charge in [-0.05, 0) is 38.7 Å². The Morgan fingerprint density at radius 3 is 2.71 bits per heavy atom. The zero-order valence-corrected chi connectivity index (χ0v) is 14.1. The van der Waals surface area contributed by atoms with Crippen molar-refractivity contribution in [1.29, 1.82) is 0 Å². The smallest absolute Gasteiger partial charge is 0.228 e. The van der Waals surface area contributed by atoms with Gasteiger partial charge in [0, 0.05) is 31.3 Å². The van der Waals surface area contributed by atoms with Gasteiger partial charge in [-0.3, -0.25) is 4.79 Å². The molecular weight excluding hydrogens is 304 g/mol. The second kappa shape index (κ2) is 4.34. The number of anilines is 2. The summed E-state index contributed by atoms with van der Waals surface area (Å²) >= 11 is 0. The minimum Gasteiger partial charge on any atom is -0.360 e. The minimum atomic E-state index is -0.0907. The quantitative estimate of drug-likeness (QED) is 0.914.